The summed E-state index contributed by atoms with van der Waals surface area (Å²) in [6.07, 6.45) is 1.83. The molecule has 1 atom stereocenters. The summed E-state index contributed by atoms with van der Waals surface area (Å²) >= 11 is 0. The van der Waals surface area contributed by atoms with E-state index in [1.165, 1.54) is 7.11 Å². The van der Waals surface area contributed by atoms with E-state index in [9.17, 15) is 9.59 Å². The third-order valence-corrected chi connectivity index (χ3v) is 5.92. The minimum atomic E-state index is -0.590. The van der Waals surface area contributed by atoms with E-state index in [-0.39, 0.29) is 11.2 Å². The van der Waals surface area contributed by atoms with Gasteiger partial charge in [0.05, 0.1) is 33.5 Å². The lowest BCUT2D eigenvalue weighted by Gasteiger charge is -2.39. The summed E-state index contributed by atoms with van der Waals surface area (Å²) in [4.78, 5) is 26.5. The van der Waals surface area contributed by atoms with Gasteiger partial charge < -0.3 is 24.3 Å². The molecule has 1 heterocycles. The summed E-state index contributed by atoms with van der Waals surface area (Å²) in [5, 5.41) is 3.34. The molecule has 7 nitrogen and oxygen atoms in total. The number of dihydropyridines is 1. The lowest BCUT2D eigenvalue weighted by atomic mass is 9.68. The summed E-state index contributed by atoms with van der Waals surface area (Å²) in [5.41, 5.74) is 3.13. The van der Waals surface area contributed by atoms with Gasteiger partial charge in [-0.05, 0) is 42.9 Å². The molecule has 1 unspecified atom stereocenters. The number of allylic oxidation sites excluding steroid dienone is 3. The zero-order valence-electron chi connectivity index (χ0n) is 20.0. The zero-order chi connectivity index (χ0) is 23.6. The summed E-state index contributed by atoms with van der Waals surface area (Å²) in [5.74, 6) is 0.382. The molecule has 3 rings (SSSR count). The number of hydrogen-bond acceptors (Lipinski definition) is 7. The second kappa shape index (κ2) is 9.27. The number of ketones is 1. The van der Waals surface area contributed by atoms with E-state index >= 15 is 0 Å². The van der Waals surface area contributed by atoms with Crippen LogP contribution >= 0.6 is 0 Å². The highest BCUT2D eigenvalue weighted by atomic mass is 16.5. The van der Waals surface area contributed by atoms with Crippen molar-refractivity contribution in [3.63, 3.8) is 0 Å². The lowest BCUT2D eigenvalue weighted by molar-refractivity contribution is -0.139. The Hall–Kier alpha value is -2.96. The van der Waals surface area contributed by atoms with Crippen molar-refractivity contribution in [1.82, 2.24) is 5.32 Å². The zero-order valence-corrected chi connectivity index (χ0v) is 20.0. The van der Waals surface area contributed by atoms with Crippen molar-refractivity contribution in [1.29, 1.82) is 0 Å². The fourth-order valence-corrected chi connectivity index (χ4v) is 4.58. The van der Waals surface area contributed by atoms with Crippen LogP contribution in [0.1, 0.15) is 58.4 Å². The molecule has 0 spiro atoms. The summed E-state index contributed by atoms with van der Waals surface area (Å²) in [6.45, 7) is 8.26. The first-order valence-corrected chi connectivity index (χ1v) is 10.9. The standard InChI is InChI=1S/C25H33NO6/c1-8-9-32-24(28)20-14(2)26-16-12-25(3,4)13-17(27)22(16)21(20)15-10-18(29-5)23(31-7)19(11-15)30-6/h10-11,21,26H,8-9,12-13H2,1-7H3. The number of methoxy groups -OCH3 is 3. The van der Waals surface area contributed by atoms with Gasteiger partial charge in [-0.1, -0.05) is 20.8 Å². The van der Waals surface area contributed by atoms with E-state index < -0.39 is 11.9 Å². The first-order chi connectivity index (χ1) is 15.2. The van der Waals surface area contributed by atoms with Crippen LogP contribution in [0.2, 0.25) is 0 Å². The molecule has 174 valence electrons. The molecule has 7 heteroatoms. The Morgan fingerprint density at radius 1 is 1.09 bits per heavy atom. The van der Waals surface area contributed by atoms with Crippen LogP contribution in [0.5, 0.6) is 17.2 Å². The first kappa shape index (κ1) is 23.7. The Balaban J connectivity index is 2.25. The molecule has 0 radical (unpaired) electrons. The van der Waals surface area contributed by atoms with Crippen LogP contribution < -0.4 is 19.5 Å². The number of benzene rings is 1. The molecule has 1 aromatic rings. The first-order valence-electron chi connectivity index (χ1n) is 10.9. The van der Waals surface area contributed by atoms with Gasteiger partial charge in [0.25, 0.3) is 0 Å². The highest BCUT2D eigenvalue weighted by Crippen LogP contribution is 2.49. The number of nitrogens with one attached hydrogen (secondary N) is 1. The van der Waals surface area contributed by atoms with Crippen molar-refractivity contribution in [3.8, 4) is 17.2 Å². The summed E-state index contributed by atoms with van der Waals surface area (Å²) < 4.78 is 22.0. The smallest absolute Gasteiger partial charge is 0.336 e. The Morgan fingerprint density at radius 3 is 2.25 bits per heavy atom. The van der Waals surface area contributed by atoms with Crippen LogP contribution in [0.15, 0.2) is 34.7 Å². The topological polar surface area (TPSA) is 83.1 Å². The molecule has 1 aliphatic heterocycles. The molecule has 32 heavy (non-hydrogen) atoms. The predicted octanol–water partition coefficient (Wildman–Crippen LogP) is 4.27. The highest BCUT2D eigenvalue weighted by Gasteiger charge is 2.43. The summed E-state index contributed by atoms with van der Waals surface area (Å²) in [6, 6.07) is 3.60. The van der Waals surface area contributed by atoms with Gasteiger partial charge >= 0.3 is 5.97 Å². The minimum absolute atomic E-state index is 0.0239. The van der Waals surface area contributed by atoms with E-state index in [2.05, 4.69) is 19.2 Å². The van der Waals surface area contributed by atoms with Crippen LogP contribution in [0, 0.1) is 5.41 Å². The molecule has 0 aromatic heterocycles. The maximum Gasteiger partial charge on any atom is 0.336 e. The second-order valence-corrected chi connectivity index (χ2v) is 9.02. The molecule has 0 fully saturated rings. The van der Waals surface area contributed by atoms with E-state index in [0.29, 0.717) is 65.5 Å². The Bertz CT molecular complexity index is 963. The normalized spacial score (nSPS) is 19.8. The maximum absolute atomic E-state index is 13.4. The number of carbonyl (C=O) groups is 2. The maximum atomic E-state index is 13.4. The van der Waals surface area contributed by atoms with E-state index in [0.717, 1.165) is 5.70 Å². The highest BCUT2D eigenvalue weighted by molar-refractivity contribution is 6.04. The van der Waals surface area contributed by atoms with Crippen molar-refractivity contribution in [2.24, 2.45) is 5.41 Å². The molecule has 0 amide bonds. The monoisotopic (exact) mass is 443 g/mol. The van der Waals surface area contributed by atoms with Gasteiger partial charge in [0, 0.05) is 29.3 Å². The number of carbonyl (C=O) groups excluding carboxylic acids is 2. The van der Waals surface area contributed by atoms with Crippen LogP contribution in [-0.4, -0.2) is 39.7 Å². The number of ether oxygens (including phenoxy) is 4. The molecule has 0 saturated heterocycles. The lowest BCUT2D eigenvalue weighted by Crippen LogP contribution is -2.38. The third-order valence-electron chi connectivity index (χ3n) is 5.92. The van der Waals surface area contributed by atoms with Gasteiger partial charge in [-0.25, -0.2) is 4.79 Å². The van der Waals surface area contributed by atoms with Crippen LogP contribution in [0.3, 0.4) is 0 Å². The van der Waals surface area contributed by atoms with Gasteiger partial charge in [0.15, 0.2) is 17.3 Å². The van der Waals surface area contributed by atoms with E-state index in [1.54, 1.807) is 26.4 Å². The molecular formula is C25H33NO6. The molecule has 1 N–H and O–H groups in total. The Labute approximate surface area is 189 Å². The van der Waals surface area contributed by atoms with Crippen molar-refractivity contribution in [2.75, 3.05) is 27.9 Å². The number of hydrogen-bond donors (Lipinski definition) is 1. The second-order valence-electron chi connectivity index (χ2n) is 9.02. The van der Waals surface area contributed by atoms with Crippen LogP contribution in [-0.2, 0) is 14.3 Å². The fourth-order valence-electron chi connectivity index (χ4n) is 4.58. The number of Topliss-reactive ketones (excluding diaryl/α,β-unsaturated/α-hetero) is 1. The van der Waals surface area contributed by atoms with E-state index in [4.69, 9.17) is 18.9 Å². The van der Waals surface area contributed by atoms with Crippen LogP contribution in [0.25, 0.3) is 0 Å². The van der Waals surface area contributed by atoms with Gasteiger partial charge in [0.2, 0.25) is 5.75 Å². The molecule has 2 aliphatic rings. The summed E-state index contributed by atoms with van der Waals surface area (Å²) in [7, 11) is 4.62. The Kier molecular flexibility index (Phi) is 6.86. The fraction of sp³-hybridized carbons (Fsp3) is 0.520. The average molecular weight is 444 g/mol. The minimum Gasteiger partial charge on any atom is -0.493 e. The van der Waals surface area contributed by atoms with Gasteiger partial charge in [0.1, 0.15) is 0 Å². The van der Waals surface area contributed by atoms with Crippen molar-refractivity contribution < 1.29 is 28.5 Å². The van der Waals surface area contributed by atoms with Gasteiger partial charge in [-0.15, -0.1) is 0 Å². The van der Waals surface area contributed by atoms with E-state index in [1.807, 2.05) is 13.8 Å². The Morgan fingerprint density at radius 2 is 1.72 bits per heavy atom. The SMILES string of the molecule is CCCOC(=O)C1=C(C)NC2=C(C(=O)CC(C)(C)C2)C1c1cc(OC)c(OC)c(OC)c1. The largest absolute Gasteiger partial charge is 0.493 e. The van der Waals surface area contributed by atoms with Gasteiger partial charge in [-0.3, -0.25) is 4.79 Å². The van der Waals surface area contributed by atoms with Crippen molar-refractivity contribution in [2.45, 2.75) is 52.9 Å². The number of esters is 1. The molecule has 0 bridgehead atoms. The predicted molar refractivity (Wildman–Crippen MR) is 121 cm³/mol. The molecule has 0 saturated carbocycles. The van der Waals surface area contributed by atoms with Crippen LogP contribution in [0.4, 0.5) is 0 Å². The van der Waals surface area contributed by atoms with Crippen molar-refractivity contribution in [3.05, 3.63) is 40.2 Å². The number of rotatable bonds is 7. The quantitative estimate of drug-likeness (QED) is 0.630. The molecular weight excluding hydrogens is 410 g/mol. The average Bonchev–Trinajstić information content (AvgIpc) is 2.74. The molecule has 1 aliphatic carbocycles. The third kappa shape index (κ3) is 4.33. The van der Waals surface area contributed by atoms with Gasteiger partial charge in [-0.2, -0.15) is 0 Å². The molecule has 1 aromatic carbocycles. The van der Waals surface area contributed by atoms with Crippen molar-refractivity contribution >= 4 is 11.8 Å².